The first kappa shape index (κ1) is 26.6. The zero-order chi connectivity index (χ0) is 30.9. The molecule has 0 unspecified atom stereocenters. The Morgan fingerprint density at radius 3 is 1.94 bits per heavy atom. The molecule has 4 heteroatoms. The molecule has 0 atom stereocenters. The van der Waals surface area contributed by atoms with E-state index >= 15 is 0 Å². The third kappa shape index (κ3) is 4.12. The Morgan fingerprint density at radius 1 is 0.447 bits per heavy atom. The van der Waals surface area contributed by atoms with Gasteiger partial charge in [0.2, 0.25) is 0 Å². The van der Waals surface area contributed by atoms with E-state index in [2.05, 4.69) is 162 Å². The fourth-order valence-corrected chi connectivity index (χ4v) is 9.52. The third-order valence-electron chi connectivity index (χ3n) is 9.25. The fraction of sp³-hybridized carbons (Fsp3) is 0. The minimum atomic E-state index is 1.05. The molecule has 0 aliphatic rings. The van der Waals surface area contributed by atoms with Crippen LogP contribution in [0.5, 0.6) is 0 Å². The van der Waals surface area contributed by atoms with Gasteiger partial charge in [0.1, 0.15) is 5.01 Å². The Morgan fingerprint density at radius 2 is 1.11 bits per heavy atom. The van der Waals surface area contributed by atoms with Crippen molar-refractivity contribution in [2.75, 3.05) is 0 Å². The molecule has 0 saturated carbocycles. The zero-order valence-electron chi connectivity index (χ0n) is 25.2. The molecule has 0 aliphatic heterocycles. The maximum absolute atomic E-state index is 5.35. The van der Waals surface area contributed by atoms with Crippen LogP contribution in [-0.2, 0) is 0 Å². The Balaban J connectivity index is 1.14. The lowest BCUT2D eigenvalue weighted by Crippen LogP contribution is -1.92. The Hall–Kier alpha value is -5.55. The van der Waals surface area contributed by atoms with E-state index in [9.17, 15) is 0 Å². The lowest BCUT2D eigenvalue weighted by Gasteiger charge is -2.09. The SMILES string of the molecule is c1ccc(-c2cc3sc4ccccc4c3c3sc(-c4ccc(-c5cccc6c5c5ccccc5n6-c5ccccc5)cc4)nc23)cc1. The van der Waals surface area contributed by atoms with Crippen molar-refractivity contribution in [3.05, 3.63) is 158 Å². The fourth-order valence-electron chi connectivity index (χ4n) is 7.14. The molecule has 2 nitrogen and oxygen atoms in total. The summed E-state index contributed by atoms with van der Waals surface area (Å²) in [5.41, 5.74) is 10.7. The minimum Gasteiger partial charge on any atom is -0.309 e. The summed E-state index contributed by atoms with van der Waals surface area (Å²) < 4.78 is 6.27. The number of thiophene rings is 1. The molecule has 0 bridgehead atoms. The number of nitrogens with zero attached hydrogens (tertiary/aromatic N) is 2. The monoisotopic (exact) mass is 634 g/mol. The van der Waals surface area contributed by atoms with E-state index in [1.165, 1.54) is 74.6 Å². The van der Waals surface area contributed by atoms with Gasteiger partial charge in [-0.3, -0.25) is 0 Å². The summed E-state index contributed by atoms with van der Waals surface area (Å²) in [6, 6.07) is 56.8. The van der Waals surface area contributed by atoms with E-state index in [4.69, 9.17) is 4.98 Å². The van der Waals surface area contributed by atoms with Gasteiger partial charge in [-0.25, -0.2) is 4.98 Å². The second-order valence-electron chi connectivity index (χ2n) is 11.9. The van der Waals surface area contributed by atoms with E-state index in [1.54, 1.807) is 0 Å². The van der Waals surface area contributed by atoms with Gasteiger partial charge in [-0.1, -0.05) is 121 Å². The molecule has 0 aliphatic carbocycles. The molecule has 47 heavy (non-hydrogen) atoms. The van der Waals surface area contributed by atoms with Crippen LogP contribution in [0.1, 0.15) is 0 Å². The van der Waals surface area contributed by atoms with Gasteiger partial charge in [-0.2, -0.15) is 0 Å². The molecule has 0 amide bonds. The van der Waals surface area contributed by atoms with Crippen LogP contribution in [0.25, 0.3) is 90.7 Å². The molecule has 0 spiro atoms. The van der Waals surface area contributed by atoms with Crippen LogP contribution in [0.15, 0.2) is 158 Å². The number of fused-ring (bicyclic) bond motifs is 8. The van der Waals surface area contributed by atoms with Crippen molar-refractivity contribution in [2.24, 2.45) is 0 Å². The molecule has 10 rings (SSSR count). The van der Waals surface area contributed by atoms with E-state index in [1.807, 2.05) is 22.7 Å². The van der Waals surface area contributed by atoms with Crippen molar-refractivity contribution in [3.8, 4) is 38.5 Å². The first-order chi connectivity index (χ1) is 23.3. The van der Waals surface area contributed by atoms with Crippen molar-refractivity contribution in [3.63, 3.8) is 0 Å². The van der Waals surface area contributed by atoms with Crippen LogP contribution in [-0.4, -0.2) is 9.55 Å². The highest BCUT2D eigenvalue weighted by Gasteiger charge is 2.19. The quantitative estimate of drug-likeness (QED) is 0.188. The summed E-state index contributed by atoms with van der Waals surface area (Å²) in [4.78, 5) is 5.35. The van der Waals surface area contributed by atoms with E-state index in [0.717, 1.165) is 16.1 Å². The van der Waals surface area contributed by atoms with Crippen LogP contribution in [0, 0.1) is 0 Å². The summed E-state index contributed by atoms with van der Waals surface area (Å²) >= 11 is 3.68. The minimum absolute atomic E-state index is 1.05. The number of rotatable bonds is 4. The Labute approximate surface area is 279 Å². The number of para-hydroxylation sites is 2. The maximum Gasteiger partial charge on any atom is 0.124 e. The smallest absolute Gasteiger partial charge is 0.124 e. The Bertz CT molecular complexity index is 2770. The zero-order valence-corrected chi connectivity index (χ0v) is 26.9. The highest BCUT2D eigenvalue weighted by Crippen LogP contribution is 2.46. The average molecular weight is 635 g/mol. The highest BCUT2D eigenvalue weighted by atomic mass is 32.1. The molecule has 0 N–H and O–H groups in total. The van der Waals surface area contributed by atoms with Crippen molar-refractivity contribution in [1.82, 2.24) is 9.55 Å². The Kier molecular flexibility index (Phi) is 5.95. The predicted molar refractivity (Wildman–Crippen MR) is 203 cm³/mol. The number of hydrogen-bond donors (Lipinski definition) is 0. The lowest BCUT2D eigenvalue weighted by molar-refractivity contribution is 1.18. The summed E-state index contributed by atoms with van der Waals surface area (Å²) in [5.74, 6) is 0. The second-order valence-corrected chi connectivity index (χ2v) is 14.0. The number of benzene rings is 7. The average Bonchev–Trinajstić information content (AvgIpc) is 3.84. The topological polar surface area (TPSA) is 17.8 Å². The van der Waals surface area contributed by atoms with Crippen molar-refractivity contribution < 1.29 is 0 Å². The predicted octanol–water partition coefficient (Wildman–Crippen LogP) is 12.8. The molecular formula is C43H26N2S2. The van der Waals surface area contributed by atoms with Gasteiger partial charge in [0, 0.05) is 47.8 Å². The number of hydrogen-bond acceptors (Lipinski definition) is 3. The first-order valence-corrected chi connectivity index (χ1v) is 17.4. The molecule has 0 saturated heterocycles. The van der Waals surface area contributed by atoms with Gasteiger partial charge in [-0.15, -0.1) is 22.7 Å². The molecular weight excluding hydrogens is 609 g/mol. The van der Waals surface area contributed by atoms with Gasteiger partial charge in [-0.05, 0) is 53.1 Å². The molecule has 3 heterocycles. The van der Waals surface area contributed by atoms with E-state index < -0.39 is 0 Å². The summed E-state index contributed by atoms with van der Waals surface area (Å²) in [6.07, 6.45) is 0. The van der Waals surface area contributed by atoms with Crippen LogP contribution < -0.4 is 0 Å². The van der Waals surface area contributed by atoms with Gasteiger partial charge < -0.3 is 4.57 Å². The molecule has 0 radical (unpaired) electrons. The maximum atomic E-state index is 5.35. The van der Waals surface area contributed by atoms with Crippen molar-refractivity contribution in [1.29, 1.82) is 0 Å². The molecule has 7 aromatic carbocycles. The molecule has 10 aromatic rings. The largest absolute Gasteiger partial charge is 0.309 e. The van der Waals surface area contributed by atoms with Crippen LogP contribution in [0.3, 0.4) is 0 Å². The van der Waals surface area contributed by atoms with Crippen LogP contribution >= 0.6 is 22.7 Å². The summed E-state index contributed by atoms with van der Waals surface area (Å²) in [6.45, 7) is 0. The van der Waals surface area contributed by atoms with E-state index in [0.29, 0.717) is 0 Å². The van der Waals surface area contributed by atoms with Crippen molar-refractivity contribution in [2.45, 2.75) is 0 Å². The molecule has 3 aromatic heterocycles. The molecule has 220 valence electrons. The van der Waals surface area contributed by atoms with Gasteiger partial charge in [0.15, 0.2) is 0 Å². The number of aromatic nitrogens is 2. The van der Waals surface area contributed by atoms with E-state index in [-0.39, 0.29) is 0 Å². The van der Waals surface area contributed by atoms with Gasteiger partial charge >= 0.3 is 0 Å². The second kappa shape index (κ2) is 10.5. The summed E-state index contributed by atoms with van der Waals surface area (Å²) in [7, 11) is 0. The molecule has 0 fully saturated rings. The van der Waals surface area contributed by atoms with Crippen LogP contribution in [0.2, 0.25) is 0 Å². The third-order valence-corrected chi connectivity index (χ3v) is 11.5. The lowest BCUT2D eigenvalue weighted by atomic mass is 9.98. The van der Waals surface area contributed by atoms with Crippen LogP contribution in [0.4, 0.5) is 0 Å². The van der Waals surface area contributed by atoms with Gasteiger partial charge in [0.25, 0.3) is 0 Å². The standard InChI is InChI=1S/C43H26N2S2/c1-3-12-27(13-4-1)34-26-38-40(33-17-8-10-21-37(33)46-38)42-41(34)44-43(47-42)29-24-22-28(23-25-29)31-18-11-20-36-39(31)32-16-7-9-19-35(32)45(36)30-14-5-2-6-15-30/h1-26H. The first-order valence-electron chi connectivity index (χ1n) is 15.8. The highest BCUT2D eigenvalue weighted by molar-refractivity contribution is 7.28. The number of thiazole rings is 1. The van der Waals surface area contributed by atoms with Crippen molar-refractivity contribution >= 4 is 74.9 Å². The normalized spacial score (nSPS) is 11.8. The summed E-state index contributed by atoms with van der Waals surface area (Å²) in [5, 5.41) is 6.22. The van der Waals surface area contributed by atoms with Gasteiger partial charge in [0.05, 0.1) is 21.3 Å².